The van der Waals surface area contributed by atoms with Crippen LogP contribution in [-0.4, -0.2) is 30.6 Å². The SMILES string of the molecule is CNC(=O)CCOc1csc(C(=O)O)c1. The van der Waals surface area contributed by atoms with Gasteiger partial charge in [-0.3, -0.25) is 4.79 Å². The zero-order valence-electron chi connectivity index (χ0n) is 8.15. The number of carboxylic acid groups (broad SMARTS) is 1. The van der Waals surface area contributed by atoms with E-state index in [1.54, 1.807) is 12.4 Å². The number of rotatable bonds is 5. The Morgan fingerprint density at radius 1 is 1.60 bits per heavy atom. The van der Waals surface area contributed by atoms with Gasteiger partial charge < -0.3 is 15.2 Å². The standard InChI is InChI=1S/C9H11NO4S/c1-10-8(11)2-3-14-6-4-7(9(12)13)15-5-6/h4-5H,2-3H2,1H3,(H,10,11)(H,12,13). The van der Waals surface area contributed by atoms with Gasteiger partial charge in [-0.15, -0.1) is 11.3 Å². The van der Waals surface area contributed by atoms with E-state index in [9.17, 15) is 9.59 Å². The minimum absolute atomic E-state index is 0.108. The summed E-state index contributed by atoms with van der Waals surface area (Å²) < 4.78 is 5.20. The molecule has 0 radical (unpaired) electrons. The Balaban J connectivity index is 2.38. The summed E-state index contributed by atoms with van der Waals surface area (Å²) in [5.74, 6) is -0.592. The van der Waals surface area contributed by atoms with Gasteiger partial charge in [-0.2, -0.15) is 0 Å². The van der Waals surface area contributed by atoms with Crippen LogP contribution in [0.15, 0.2) is 11.4 Å². The molecule has 1 rings (SSSR count). The van der Waals surface area contributed by atoms with Crippen LogP contribution in [0.1, 0.15) is 16.1 Å². The number of thiophene rings is 1. The minimum Gasteiger partial charge on any atom is -0.492 e. The summed E-state index contributed by atoms with van der Waals surface area (Å²) in [6, 6.07) is 1.44. The van der Waals surface area contributed by atoms with E-state index in [0.29, 0.717) is 5.75 Å². The molecule has 1 amide bonds. The second kappa shape index (κ2) is 5.35. The van der Waals surface area contributed by atoms with Crippen molar-refractivity contribution in [2.45, 2.75) is 6.42 Å². The number of hydrogen-bond donors (Lipinski definition) is 2. The molecule has 1 aromatic rings. The zero-order chi connectivity index (χ0) is 11.3. The van der Waals surface area contributed by atoms with Gasteiger partial charge in [0, 0.05) is 18.5 Å². The van der Waals surface area contributed by atoms with Crippen molar-refractivity contribution in [1.82, 2.24) is 5.32 Å². The van der Waals surface area contributed by atoms with Crippen LogP contribution in [0.5, 0.6) is 5.75 Å². The minimum atomic E-state index is -0.971. The number of hydrogen-bond acceptors (Lipinski definition) is 4. The summed E-state index contributed by atoms with van der Waals surface area (Å²) in [6.45, 7) is 0.246. The van der Waals surface area contributed by atoms with Gasteiger partial charge >= 0.3 is 5.97 Å². The van der Waals surface area contributed by atoms with Gasteiger partial charge in [-0.05, 0) is 0 Å². The Morgan fingerprint density at radius 3 is 2.87 bits per heavy atom. The maximum absolute atomic E-state index is 10.8. The molecule has 0 aliphatic rings. The molecule has 15 heavy (non-hydrogen) atoms. The molecule has 0 saturated carbocycles. The number of ether oxygens (including phenoxy) is 1. The molecule has 0 aromatic carbocycles. The van der Waals surface area contributed by atoms with Gasteiger partial charge in [0.15, 0.2) is 0 Å². The van der Waals surface area contributed by atoms with Crippen molar-refractivity contribution >= 4 is 23.2 Å². The fraction of sp³-hybridized carbons (Fsp3) is 0.333. The second-order valence-corrected chi connectivity index (χ2v) is 3.63. The van der Waals surface area contributed by atoms with Crippen LogP contribution in [-0.2, 0) is 4.79 Å². The first-order valence-corrected chi connectivity index (χ1v) is 5.16. The highest BCUT2D eigenvalue weighted by molar-refractivity contribution is 7.12. The first-order valence-electron chi connectivity index (χ1n) is 4.28. The molecule has 0 bridgehead atoms. The number of carbonyl (C=O) groups is 2. The molecule has 0 aliphatic heterocycles. The average molecular weight is 229 g/mol. The molecule has 2 N–H and O–H groups in total. The molecule has 0 fully saturated rings. The third kappa shape index (κ3) is 3.59. The molecule has 0 unspecified atom stereocenters. The van der Waals surface area contributed by atoms with Crippen molar-refractivity contribution in [2.24, 2.45) is 0 Å². The van der Waals surface area contributed by atoms with Crippen LogP contribution in [0.25, 0.3) is 0 Å². The summed E-state index contributed by atoms with van der Waals surface area (Å²) in [6.07, 6.45) is 0.259. The summed E-state index contributed by atoms with van der Waals surface area (Å²) in [4.78, 5) is 21.6. The molecule has 82 valence electrons. The highest BCUT2D eigenvalue weighted by Gasteiger charge is 2.07. The quantitative estimate of drug-likeness (QED) is 0.788. The summed E-state index contributed by atoms with van der Waals surface area (Å²) in [5.41, 5.74) is 0. The Hall–Kier alpha value is -1.56. The fourth-order valence-corrected chi connectivity index (χ4v) is 1.56. The number of carbonyl (C=O) groups excluding carboxylic acids is 1. The van der Waals surface area contributed by atoms with E-state index in [4.69, 9.17) is 9.84 Å². The number of aromatic carboxylic acids is 1. The Bertz CT molecular complexity index is 361. The first-order chi connectivity index (χ1) is 7.13. The van der Waals surface area contributed by atoms with Gasteiger partial charge in [0.25, 0.3) is 0 Å². The van der Waals surface area contributed by atoms with Gasteiger partial charge in [0.1, 0.15) is 10.6 Å². The molecule has 0 atom stereocenters. The molecule has 0 aliphatic carbocycles. The zero-order valence-corrected chi connectivity index (χ0v) is 8.97. The monoisotopic (exact) mass is 229 g/mol. The van der Waals surface area contributed by atoms with Crippen molar-refractivity contribution in [2.75, 3.05) is 13.7 Å². The van der Waals surface area contributed by atoms with Crippen LogP contribution >= 0.6 is 11.3 Å². The molecule has 6 heteroatoms. The molecule has 0 spiro atoms. The molecular formula is C9H11NO4S. The number of nitrogens with one attached hydrogen (secondary N) is 1. The van der Waals surface area contributed by atoms with E-state index >= 15 is 0 Å². The Labute approximate surface area is 90.7 Å². The third-order valence-corrected chi connectivity index (χ3v) is 2.56. The topological polar surface area (TPSA) is 75.6 Å². The fourth-order valence-electron chi connectivity index (χ4n) is 0.893. The molecule has 5 nitrogen and oxygen atoms in total. The van der Waals surface area contributed by atoms with Crippen LogP contribution < -0.4 is 10.1 Å². The lowest BCUT2D eigenvalue weighted by Crippen LogP contribution is -2.19. The summed E-state index contributed by atoms with van der Waals surface area (Å²) in [5, 5.41) is 12.7. The van der Waals surface area contributed by atoms with E-state index in [1.165, 1.54) is 6.07 Å². The van der Waals surface area contributed by atoms with Crippen LogP contribution in [0.2, 0.25) is 0 Å². The van der Waals surface area contributed by atoms with Crippen molar-refractivity contribution in [1.29, 1.82) is 0 Å². The van der Waals surface area contributed by atoms with Crippen molar-refractivity contribution in [3.63, 3.8) is 0 Å². The highest BCUT2D eigenvalue weighted by Crippen LogP contribution is 2.21. The van der Waals surface area contributed by atoms with Crippen LogP contribution in [0.4, 0.5) is 0 Å². The van der Waals surface area contributed by atoms with Gasteiger partial charge in [-0.1, -0.05) is 0 Å². The van der Waals surface area contributed by atoms with Crippen molar-refractivity contribution in [3.8, 4) is 5.75 Å². The molecule has 0 saturated heterocycles. The van der Waals surface area contributed by atoms with E-state index in [1.807, 2.05) is 0 Å². The van der Waals surface area contributed by atoms with Gasteiger partial charge in [0.2, 0.25) is 5.91 Å². The average Bonchev–Trinajstić information content (AvgIpc) is 2.66. The van der Waals surface area contributed by atoms with Crippen molar-refractivity contribution < 1.29 is 19.4 Å². The summed E-state index contributed by atoms with van der Waals surface area (Å²) >= 11 is 1.10. The number of carboxylic acids is 1. The maximum atomic E-state index is 10.8. The van der Waals surface area contributed by atoms with Crippen LogP contribution in [0, 0.1) is 0 Å². The molecule has 1 heterocycles. The molecular weight excluding hydrogens is 218 g/mol. The largest absolute Gasteiger partial charge is 0.492 e. The lowest BCUT2D eigenvalue weighted by molar-refractivity contribution is -0.121. The first kappa shape index (κ1) is 11.5. The lowest BCUT2D eigenvalue weighted by Gasteiger charge is -2.01. The second-order valence-electron chi connectivity index (χ2n) is 2.72. The van der Waals surface area contributed by atoms with Gasteiger partial charge in [-0.25, -0.2) is 4.79 Å². The normalized spacial score (nSPS) is 9.67. The van der Waals surface area contributed by atoms with E-state index in [-0.39, 0.29) is 23.8 Å². The van der Waals surface area contributed by atoms with Crippen LogP contribution in [0.3, 0.4) is 0 Å². The predicted octanol–water partition coefficient (Wildman–Crippen LogP) is 0.961. The maximum Gasteiger partial charge on any atom is 0.346 e. The van der Waals surface area contributed by atoms with Crippen molar-refractivity contribution in [3.05, 3.63) is 16.3 Å². The number of amides is 1. The smallest absolute Gasteiger partial charge is 0.346 e. The highest BCUT2D eigenvalue weighted by atomic mass is 32.1. The van der Waals surface area contributed by atoms with E-state index in [2.05, 4.69) is 5.32 Å². The molecule has 1 aromatic heterocycles. The third-order valence-electron chi connectivity index (χ3n) is 1.66. The predicted molar refractivity (Wildman–Crippen MR) is 55.5 cm³/mol. The Morgan fingerprint density at radius 2 is 2.33 bits per heavy atom. The summed E-state index contributed by atoms with van der Waals surface area (Å²) in [7, 11) is 1.55. The lowest BCUT2D eigenvalue weighted by atomic mass is 10.4. The van der Waals surface area contributed by atoms with E-state index < -0.39 is 5.97 Å². The van der Waals surface area contributed by atoms with E-state index in [0.717, 1.165) is 11.3 Å². The Kier molecular flexibility index (Phi) is 4.11. The van der Waals surface area contributed by atoms with Gasteiger partial charge in [0.05, 0.1) is 13.0 Å².